The average molecular weight is 354 g/mol. The monoisotopic (exact) mass is 353 g/mol. The highest BCUT2D eigenvalue weighted by atomic mass is 35.5. The summed E-state index contributed by atoms with van der Waals surface area (Å²) in [6.45, 7) is 0. The van der Waals surface area contributed by atoms with E-state index in [9.17, 15) is 4.79 Å². The number of aromatic nitrogens is 3. The van der Waals surface area contributed by atoms with E-state index in [4.69, 9.17) is 11.6 Å². The second-order valence-electron chi connectivity index (χ2n) is 6.74. The summed E-state index contributed by atoms with van der Waals surface area (Å²) in [5.41, 5.74) is 2.55. The molecule has 0 bridgehead atoms. The van der Waals surface area contributed by atoms with Crippen LogP contribution in [0.15, 0.2) is 42.9 Å². The van der Waals surface area contributed by atoms with Crippen LogP contribution in [0.5, 0.6) is 0 Å². The van der Waals surface area contributed by atoms with Gasteiger partial charge in [-0.25, -0.2) is 4.68 Å². The number of benzene rings is 1. The highest BCUT2D eigenvalue weighted by Gasteiger charge is 2.22. The molecular weight excluding hydrogens is 334 g/mol. The lowest BCUT2D eigenvalue weighted by Crippen LogP contribution is -2.14. The van der Waals surface area contributed by atoms with E-state index in [1.54, 1.807) is 23.3 Å². The summed E-state index contributed by atoms with van der Waals surface area (Å²) in [6, 6.07) is 7.68. The molecule has 25 heavy (non-hydrogen) atoms. The number of carbonyl (C=O) groups is 1. The number of rotatable bonds is 3. The molecule has 1 aliphatic carbocycles. The van der Waals surface area contributed by atoms with E-state index in [1.807, 2.05) is 24.3 Å². The molecule has 1 saturated carbocycles. The van der Waals surface area contributed by atoms with Gasteiger partial charge in [-0.15, -0.1) is 0 Å². The van der Waals surface area contributed by atoms with Crippen LogP contribution in [0, 0.1) is 5.92 Å². The van der Waals surface area contributed by atoms with Crippen molar-refractivity contribution in [1.82, 2.24) is 14.8 Å². The van der Waals surface area contributed by atoms with Gasteiger partial charge >= 0.3 is 0 Å². The Kier molecular flexibility index (Phi) is 4.53. The predicted octanol–water partition coefficient (Wildman–Crippen LogP) is 5.23. The third-order valence-corrected chi connectivity index (χ3v) is 5.22. The van der Waals surface area contributed by atoms with E-state index in [-0.39, 0.29) is 11.7 Å². The molecule has 0 spiro atoms. The summed E-state index contributed by atoms with van der Waals surface area (Å²) < 4.78 is 1.80. The van der Waals surface area contributed by atoms with E-state index in [2.05, 4.69) is 10.1 Å². The van der Waals surface area contributed by atoms with Crippen LogP contribution in [0.1, 0.15) is 48.9 Å². The van der Waals surface area contributed by atoms with E-state index in [0.29, 0.717) is 5.02 Å². The van der Waals surface area contributed by atoms with Gasteiger partial charge in [-0.3, -0.25) is 9.78 Å². The predicted molar refractivity (Wildman–Crippen MR) is 99.4 cm³/mol. The molecule has 4 nitrogen and oxygen atoms in total. The molecule has 0 aliphatic heterocycles. The summed E-state index contributed by atoms with van der Waals surface area (Å²) >= 11 is 6.03. The third-order valence-electron chi connectivity index (χ3n) is 5.01. The number of nitrogens with zero attached hydrogens (tertiary/aromatic N) is 3. The molecule has 2 heterocycles. The van der Waals surface area contributed by atoms with Crippen LogP contribution < -0.4 is 0 Å². The van der Waals surface area contributed by atoms with Crippen LogP contribution >= 0.6 is 11.6 Å². The SMILES string of the molecule is O=C(c1ccc2c(cnn2-c2cncc(Cl)c2)c1)C1CCCCCC1. The topological polar surface area (TPSA) is 47.8 Å². The number of hydrogen-bond acceptors (Lipinski definition) is 3. The molecule has 1 aliphatic rings. The van der Waals surface area contributed by atoms with Crippen molar-refractivity contribution < 1.29 is 4.79 Å². The first kappa shape index (κ1) is 16.3. The fourth-order valence-electron chi connectivity index (χ4n) is 3.69. The second-order valence-corrected chi connectivity index (χ2v) is 7.18. The normalized spacial score (nSPS) is 16.0. The third kappa shape index (κ3) is 3.31. The lowest BCUT2D eigenvalue weighted by molar-refractivity contribution is 0.0908. The summed E-state index contributed by atoms with van der Waals surface area (Å²) in [6.07, 6.45) is 12.0. The minimum absolute atomic E-state index is 0.173. The molecule has 128 valence electrons. The lowest BCUT2D eigenvalue weighted by atomic mass is 9.91. The van der Waals surface area contributed by atoms with Crippen molar-refractivity contribution in [2.24, 2.45) is 5.92 Å². The van der Waals surface area contributed by atoms with Gasteiger partial charge in [0.05, 0.1) is 28.6 Å². The van der Waals surface area contributed by atoms with Crippen LogP contribution in [0.3, 0.4) is 0 Å². The molecule has 0 unspecified atom stereocenters. The van der Waals surface area contributed by atoms with Gasteiger partial charge < -0.3 is 0 Å². The van der Waals surface area contributed by atoms with Crippen molar-refractivity contribution in [3.8, 4) is 5.69 Å². The largest absolute Gasteiger partial charge is 0.294 e. The van der Waals surface area contributed by atoms with Gasteiger partial charge in [0.25, 0.3) is 0 Å². The molecule has 1 fully saturated rings. The quantitative estimate of drug-likeness (QED) is 0.478. The van der Waals surface area contributed by atoms with Crippen molar-refractivity contribution in [2.45, 2.75) is 38.5 Å². The fraction of sp³-hybridized carbons (Fsp3) is 0.350. The van der Waals surface area contributed by atoms with E-state index in [0.717, 1.165) is 35.0 Å². The number of fused-ring (bicyclic) bond motifs is 1. The Labute approximate surface area is 151 Å². The molecule has 4 rings (SSSR count). The maximum atomic E-state index is 12.9. The minimum Gasteiger partial charge on any atom is -0.294 e. The van der Waals surface area contributed by atoms with E-state index in [1.165, 1.54) is 25.7 Å². The maximum Gasteiger partial charge on any atom is 0.165 e. The zero-order valence-corrected chi connectivity index (χ0v) is 14.7. The maximum absolute atomic E-state index is 12.9. The smallest absolute Gasteiger partial charge is 0.165 e. The van der Waals surface area contributed by atoms with Crippen LogP contribution in [-0.2, 0) is 0 Å². The van der Waals surface area contributed by atoms with Gasteiger partial charge in [0.15, 0.2) is 5.78 Å². The first-order valence-corrected chi connectivity index (χ1v) is 9.23. The number of pyridine rings is 1. The molecule has 0 saturated heterocycles. The van der Waals surface area contributed by atoms with Gasteiger partial charge in [-0.05, 0) is 37.1 Å². The van der Waals surface area contributed by atoms with Gasteiger partial charge in [-0.1, -0.05) is 37.3 Å². The highest BCUT2D eigenvalue weighted by Crippen LogP contribution is 2.28. The Hall–Kier alpha value is -2.20. The van der Waals surface area contributed by atoms with Crippen LogP contribution in [0.4, 0.5) is 0 Å². The second kappa shape index (κ2) is 6.96. The molecule has 2 aromatic heterocycles. The molecule has 0 radical (unpaired) electrons. The Morgan fingerprint density at radius 3 is 2.60 bits per heavy atom. The number of ketones is 1. The van der Waals surface area contributed by atoms with Crippen molar-refractivity contribution in [3.63, 3.8) is 0 Å². The van der Waals surface area contributed by atoms with Crippen LogP contribution in [0.2, 0.25) is 5.02 Å². The Bertz CT molecular complexity index is 910. The Morgan fingerprint density at radius 2 is 1.84 bits per heavy atom. The van der Waals surface area contributed by atoms with Gasteiger partial charge in [-0.2, -0.15) is 5.10 Å². The summed E-state index contributed by atoms with van der Waals surface area (Å²) in [7, 11) is 0. The lowest BCUT2D eigenvalue weighted by Gasteiger charge is -2.12. The van der Waals surface area contributed by atoms with Gasteiger partial charge in [0.1, 0.15) is 0 Å². The zero-order valence-electron chi connectivity index (χ0n) is 14.0. The van der Waals surface area contributed by atoms with Crippen LogP contribution in [-0.4, -0.2) is 20.5 Å². The summed E-state index contributed by atoms with van der Waals surface area (Å²) in [5, 5.41) is 5.97. The van der Waals surface area contributed by atoms with Gasteiger partial charge in [0, 0.05) is 23.1 Å². The Morgan fingerprint density at radius 1 is 1.04 bits per heavy atom. The van der Waals surface area contributed by atoms with Crippen molar-refractivity contribution in [3.05, 3.63) is 53.4 Å². The molecule has 3 aromatic rings. The molecule has 1 aromatic carbocycles. The summed E-state index contributed by atoms with van der Waals surface area (Å²) in [4.78, 5) is 17.0. The number of halogens is 1. The van der Waals surface area contributed by atoms with Crippen molar-refractivity contribution in [2.75, 3.05) is 0 Å². The number of hydrogen-bond donors (Lipinski definition) is 0. The molecule has 0 atom stereocenters. The van der Waals surface area contributed by atoms with Crippen LogP contribution in [0.25, 0.3) is 16.6 Å². The van der Waals surface area contributed by atoms with E-state index < -0.39 is 0 Å². The van der Waals surface area contributed by atoms with Crippen molar-refractivity contribution in [1.29, 1.82) is 0 Å². The number of Topliss-reactive ketones (excluding diaryl/α,β-unsaturated/α-hetero) is 1. The number of carbonyl (C=O) groups excluding carboxylic acids is 1. The highest BCUT2D eigenvalue weighted by molar-refractivity contribution is 6.30. The van der Waals surface area contributed by atoms with Gasteiger partial charge in [0.2, 0.25) is 0 Å². The molecular formula is C20H20ClN3O. The van der Waals surface area contributed by atoms with Crippen molar-refractivity contribution >= 4 is 28.3 Å². The molecule has 0 N–H and O–H groups in total. The van der Waals surface area contributed by atoms with E-state index >= 15 is 0 Å². The molecule has 0 amide bonds. The first-order chi connectivity index (χ1) is 12.2. The minimum atomic E-state index is 0.173. The average Bonchev–Trinajstić information content (AvgIpc) is 2.85. The molecule has 5 heteroatoms. The standard InChI is InChI=1S/C20H20ClN3O/c21-17-10-18(13-22-12-17)24-19-8-7-15(9-16(19)11-23-24)20(25)14-5-3-1-2-4-6-14/h7-14H,1-6H2. The summed E-state index contributed by atoms with van der Waals surface area (Å²) in [5.74, 6) is 0.452. The first-order valence-electron chi connectivity index (χ1n) is 8.85. The zero-order chi connectivity index (χ0) is 17.2. The Balaban J connectivity index is 1.66. The fourth-order valence-corrected chi connectivity index (χ4v) is 3.85.